The molecule has 0 aliphatic carbocycles. The van der Waals surface area contributed by atoms with E-state index in [1.807, 2.05) is 24.4 Å². The van der Waals surface area contributed by atoms with Gasteiger partial charge in [0.15, 0.2) is 5.96 Å². The fourth-order valence-corrected chi connectivity index (χ4v) is 2.98. The molecular weight excluding hydrogens is 469 g/mol. The Morgan fingerprint density at radius 2 is 2.18 bits per heavy atom. The summed E-state index contributed by atoms with van der Waals surface area (Å²) in [6.07, 6.45) is 5.34. The number of aromatic nitrogens is 2. The Bertz CT molecular complexity index is 702. The van der Waals surface area contributed by atoms with Crippen molar-refractivity contribution in [1.82, 2.24) is 20.6 Å². The molecule has 1 aromatic carbocycles. The number of aromatic amines is 1. The highest BCUT2D eigenvalue weighted by Crippen LogP contribution is 2.15. The molecule has 1 aliphatic heterocycles. The number of halogens is 1. The lowest BCUT2D eigenvalue weighted by Gasteiger charge is -2.12. The topological polar surface area (TPSA) is 83.6 Å². The van der Waals surface area contributed by atoms with Crippen molar-refractivity contribution in [3.63, 3.8) is 0 Å². The van der Waals surface area contributed by atoms with Gasteiger partial charge >= 0.3 is 0 Å². The molecule has 0 amide bonds. The highest BCUT2D eigenvalue weighted by atomic mass is 127. The van der Waals surface area contributed by atoms with E-state index < -0.39 is 0 Å². The van der Waals surface area contributed by atoms with Gasteiger partial charge < -0.3 is 25.1 Å². The molecule has 3 N–H and O–H groups in total. The van der Waals surface area contributed by atoms with Gasteiger partial charge in [-0.1, -0.05) is 30.3 Å². The van der Waals surface area contributed by atoms with Crippen LogP contribution in [0.2, 0.25) is 0 Å². The van der Waals surface area contributed by atoms with Crippen molar-refractivity contribution < 1.29 is 9.47 Å². The SMILES string of the molecule is CN=C(NCCCOCC1CCCO1)NCc1ncc(-c2ccccc2)[nH]1.I. The highest BCUT2D eigenvalue weighted by Gasteiger charge is 2.14. The molecule has 28 heavy (non-hydrogen) atoms. The molecular formula is C20H30IN5O2. The predicted octanol–water partition coefficient (Wildman–Crippen LogP) is 2.95. The molecule has 1 atom stereocenters. The Kier molecular flexibility index (Phi) is 10.3. The summed E-state index contributed by atoms with van der Waals surface area (Å²) in [7, 11) is 1.76. The van der Waals surface area contributed by atoms with Crippen molar-refractivity contribution in [2.45, 2.75) is 31.9 Å². The van der Waals surface area contributed by atoms with Gasteiger partial charge in [0.25, 0.3) is 0 Å². The normalized spacial score (nSPS) is 16.6. The van der Waals surface area contributed by atoms with Crippen LogP contribution in [-0.2, 0) is 16.0 Å². The van der Waals surface area contributed by atoms with Crippen LogP contribution < -0.4 is 10.6 Å². The van der Waals surface area contributed by atoms with E-state index in [2.05, 4.69) is 37.7 Å². The molecule has 1 aromatic heterocycles. The van der Waals surface area contributed by atoms with Crippen LogP contribution in [0.1, 0.15) is 25.1 Å². The molecule has 0 spiro atoms. The maximum absolute atomic E-state index is 5.67. The Hall–Kier alpha value is -1.65. The first-order valence-electron chi connectivity index (χ1n) is 9.58. The van der Waals surface area contributed by atoms with Crippen molar-refractivity contribution in [3.05, 3.63) is 42.4 Å². The number of H-pyrrole nitrogens is 1. The number of nitrogens with zero attached hydrogens (tertiary/aromatic N) is 2. The summed E-state index contributed by atoms with van der Waals surface area (Å²) in [5.41, 5.74) is 2.14. The lowest BCUT2D eigenvalue weighted by atomic mass is 10.2. The molecule has 0 bridgehead atoms. The number of benzene rings is 1. The van der Waals surface area contributed by atoms with Crippen LogP contribution in [0.25, 0.3) is 11.3 Å². The zero-order chi connectivity index (χ0) is 18.7. The number of hydrogen-bond acceptors (Lipinski definition) is 4. The second-order valence-electron chi connectivity index (χ2n) is 6.53. The summed E-state index contributed by atoms with van der Waals surface area (Å²) < 4.78 is 11.2. The molecule has 8 heteroatoms. The lowest BCUT2D eigenvalue weighted by molar-refractivity contribution is 0.0168. The Labute approximate surface area is 183 Å². The highest BCUT2D eigenvalue weighted by molar-refractivity contribution is 14.0. The van der Waals surface area contributed by atoms with Gasteiger partial charge in [0.1, 0.15) is 5.82 Å². The van der Waals surface area contributed by atoms with Gasteiger partial charge in [0.2, 0.25) is 0 Å². The number of nitrogens with one attached hydrogen (secondary N) is 3. The Morgan fingerprint density at radius 1 is 1.32 bits per heavy atom. The summed E-state index contributed by atoms with van der Waals surface area (Å²) in [6, 6.07) is 10.2. The molecule has 2 aromatic rings. The molecule has 7 nitrogen and oxygen atoms in total. The van der Waals surface area contributed by atoms with E-state index in [9.17, 15) is 0 Å². The van der Waals surface area contributed by atoms with E-state index in [4.69, 9.17) is 9.47 Å². The summed E-state index contributed by atoms with van der Waals surface area (Å²) in [6.45, 7) is 3.69. The third-order valence-corrected chi connectivity index (χ3v) is 4.45. The van der Waals surface area contributed by atoms with E-state index in [0.717, 1.165) is 62.1 Å². The van der Waals surface area contributed by atoms with Crippen LogP contribution in [0.15, 0.2) is 41.5 Å². The van der Waals surface area contributed by atoms with Crippen molar-refractivity contribution >= 4 is 29.9 Å². The van der Waals surface area contributed by atoms with Crippen molar-refractivity contribution in [2.24, 2.45) is 4.99 Å². The number of hydrogen-bond donors (Lipinski definition) is 3. The zero-order valence-corrected chi connectivity index (χ0v) is 18.6. The van der Waals surface area contributed by atoms with E-state index in [1.54, 1.807) is 7.05 Å². The third kappa shape index (κ3) is 7.40. The van der Waals surface area contributed by atoms with Gasteiger partial charge in [-0.05, 0) is 24.8 Å². The molecule has 1 unspecified atom stereocenters. The van der Waals surface area contributed by atoms with Crippen LogP contribution in [-0.4, -0.2) is 55.4 Å². The average molecular weight is 499 g/mol. The largest absolute Gasteiger partial charge is 0.379 e. The van der Waals surface area contributed by atoms with Gasteiger partial charge in [-0.25, -0.2) is 4.98 Å². The number of imidazole rings is 1. The van der Waals surface area contributed by atoms with Crippen LogP contribution in [0.3, 0.4) is 0 Å². The number of ether oxygens (including phenoxy) is 2. The molecule has 154 valence electrons. The molecule has 2 heterocycles. The van der Waals surface area contributed by atoms with Gasteiger partial charge in [-0.2, -0.15) is 0 Å². The fraction of sp³-hybridized carbons (Fsp3) is 0.500. The summed E-state index contributed by atoms with van der Waals surface area (Å²) in [5, 5.41) is 6.56. The van der Waals surface area contributed by atoms with Gasteiger partial charge in [0, 0.05) is 26.8 Å². The summed E-state index contributed by atoms with van der Waals surface area (Å²) in [4.78, 5) is 12.0. The number of rotatable bonds is 9. The molecule has 0 saturated carbocycles. The quantitative estimate of drug-likeness (QED) is 0.214. The van der Waals surface area contributed by atoms with Crippen LogP contribution in [0, 0.1) is 0 Å². The smallest absolute Gasteiger partial charge is 0.191 e. The minimum absolute atomic E-state index is 0. The first-order valence-corrected chi connectivity index (χ1v) is 9.58. The summed E-state index contributed by atoms with van der Waals surface area (Å²) >= 11 is 0. The van der Waals surface area contributed by atoms with Gasteiger partial charge in [0.05, 0.1) is 31.1 Å². The first-order chi connectivity index (χ1) is 13.3. The molecule has 1 fully saturated rings. The predicted molar refractivity (Wildman–Crippen MR) is 122 cm³/mol. The third-order valence-electron chi connectivity index (χ3n) is 4.45. The second-order valence-corrected chi connectivity index (χ2v) is 6.53. The van der Waals surface area contributed by atoms with E-state index in [0.29, 0.717) is 19.3 Å². The van der Waals surface area contributed by atoms with Crippen molar-refractivity contribution in [1.29, 1.82) is 0 Å². The average Bonchev–Trinajstić information content (AvgIpc) is 3.39. The molecule has 0 radical (unpaired) electrons. The number of aliphatic imine (C=N–C) groups is 1. The molecule has 3 rings (SSSR count). The second kappa shape index (κ2) is 12.7. The molecule has 1 aliphatic rings. The van der Waals surface area contributed by atoms with E-state index in [-0.39, 0.29) is 24.0 Å². The monoisotopic (exact) mass is 499 g/mol. The Balaban J connectivity index is 0.00000280. The maximum atomic E-state index is 5.67. The van der Waals surface area contributed by atoms with Crippen molar-refractivity contribution in [3.8, 4) is 11.3 Å². The fourth-order valence-electron chi connectivity index (χ4n) is 2.98. The first kappa shape index (κ1) is 22.6. The van der Waals surface area contributed by atoms with Crippen LogP contribution in [0.4, 0.5) is 0 Å². The van der Waals surface area contributed by atoms with Crippen LogP contribution >= 0.6 is 24.0 Å². The van der Waals surface area contributed by atoms with E-state index >= 15 is 0 Å². The van der Waals surface area contributed by atoms with Gasteiger partial charge in [-0.15, -0.1) is 24.0 Å². The lowest BCUT2D eigenvalue weighted by Crippen LogP contribution is -2.37. The van der Waals surface area contributed by atoms with Crippen LogP contribution in [0.5, 0.6) is 0 Å². The molecule has 1 saturated heterocycles. The minimum Gasteiger partial charge on any atom is -0.379 e. The zero-order valence-electron chi connectivity index (χ0n) is 16.3. The standard InChI is InChI=1S/C20H29N5O2.HI/c1-21-20(22-10-6-11-26-15-17-9-5-12-27-17)24-14-19-23-13-18(25-19)16-7-3-2-4-8-16;/h2-4,7-8,13,17H,5-6,9-12,14-15H2,1H3,(H,23,25)(H2,21,22,24);1H. The Morgan fingerprint density at radius 3 is 2.93 bits per heavy atom. The minimum atomic E-state index is 0. The maximum Gasteiger partial charge on any atom is 0.191 e. The summed E-state index contributed by atoms with van der Waals surface area (Å²) in [5.74, 6) is 1.63. The van der Waals surface area contributed by atoms with Gasteiger partial charge in [-0.3, -0.25) is 4.99 Å². The van der Waals surface area contributed by atoms with Crippen molar-refractivity contribution in [2.75, 3.05) is 33.4 Å². The van der Waals surface area contributed by atoms with E-state index in [1.165, 1.54) is 0 Å². The number of guanidine groups is 1.